The van der Waals surface area contributed by atoms with Crippen molar-refractivity contribution in [2.45, 2.75) is 63.9 Å². The highest BCUT2D eigenvalue weighted by molar-refractivity contribution is 5.98. The van der Waals surface area contributed by atoms with Crippen LogP contribution in [0.25, 0.3) is 6.08 Å². The van der Waals surface area contributed by atoms with E-state index in [9.17, 15) is 19.5 Å². The average molecular weight is 509 g/mol. The summed E-state index contributed by atoms with van der Waals surface area (Å²) in [5, 5.41) is 11.5. The highest BCUT2D eigenvalue weighted by atomic mass is 16.5. The molecule has 196 valence electrons. The number of rotatable bonds is 3. The molecule has 0 spiro atoms. The Morgan fingerprint density at radius 1 is 1.00 bits per heavy atom. The van der Waals surface area contributed by atoms with Gasteiger partial charge in [0.2, 0.25) is 0 Å². The quantitative estimate of drug-likeness (QED) is 0.438. The normalized spacial score (nSPS) is 20.7. The molecule has 0 radical (unpaired) electrons. The van der Waals surface area contributed by atoms with E-state index in [1.54, 1.807) is 37.3 Å². The van der Waals surface area contributed by atoms with Crippen molar-refractivity contribution in [3.05, 3.63) is 52.6 Å². The van der Waals surface area contributed by atoms with Crippen molar-refractivity contribution < 1.29 is 38.4 Å². The summed E-state index contributed by atoms with van der Waals surface area (Å²) in [7, 11) is 3.05. The summed E-state index contributed by atoms with van der Waals surface area (Å²) in [5.41, 5.74) is 1.46. The Bertz CT molecular complexity index is 1230. The second-order valence-electron chi connectivity index (χ2n) is 9.39. The molecule has 0 bridgehead atoms. The van der Waals surface area contributed by atoms with E-state index in [2.05, 4.69) is 0 Å². The Hall–Kier alpha value is -3.81. The number of carbonyl (C=O) groups excluding carboxylic acids is 3. The first-order chi connectivity index (χ1) is 17.8. The summed E-state index contributed by atoms with van der Waals surface area (Å²) in [6.07, 6.45) is 6.52. The molecule has 2 aliphatic rings. The van der Waals surface area contributed by atoms with Gasteiger partial charge >= 0.3 is 11.9 Å². The second kappa shape index (κ2) is 11.5. The van der Waals surface area contributed by atoms with Gasteiger partial charge in [0.15, 0.2) is 11.5 Å². The maximum Gasteiger partial charge on any atom is 0.342 e. The largest absolute Gasteiger partial charge is 0.507 e. The van der Waals surface area contributed by atoms with Crippen molar-refractivity contribution >= 4 is 23.8 Å². The lowest BCUT2D eigenvalue weighted by Gasteiger charge is -2.28. The highest BCUT2D eigenvalue weighted by Crippen LogP contribution is 2.48. The van der Waals surface area contributed by atoms with E-state index in [0.717, 1.165) is 0 Å². The van der Waals surface area contributed by atoms with E-state index in [4.69, 9.17) is 18.9 Å². The molecule has 0 amide bonds. The maximum absolute atomic E-state index is 13.3. The number of hydrogen-bond donors (Lipinski definition) is 1. The number of hydrogen-bond acceptors (Lipinski definition) is 8. The fraction of sp³-hybridized carbons (Fsp3) is 0.414. The van der Waals surface area contributed by atoms with Crippen LogP contribution in [-0.4, -0.2) is 43.2 Å². The van der Waals surface area contributed by atoms with Crippen LogP contribution in [0.3, 0.4) is 0 Å². The van der Waals surface area contributed by atoms with E-state index in [-0.39, 0.29) is 29.3 Å². The number of benzene rings is 2. The van der Waals surface area contributed by atoms with Crippen molar-refractivity contribution in [2.75, 3.05) is 14.2 Å². The zero-order valence-corrected chi connectivity index (χ0v) is 21.4. The van der Waals surface area contributed by atoms with E-state index >= 15 is 0 Å². The van der Waals surface area contributed by atoms with Gasteiger partial charge in [-0.05, 0) is 61.9 Å². The number of esters is 2. The molecule has 0 saturated carbocycles. The highest BCUT2D eigenvalue weighted by Gasteiger charge is 2.35. The first kappa shape index (κ1) is 26.3. The van der Waals surface area contributed by atoms with Crippen LogP contribution in [0, 0.1) is 0 Å². The minimum Gasteiger partial charge on any atom is -0.507 e. The number of cyclic esters (lactones) is 1. The van der Waals surface area contributed by atoms with Crippen molar-refractivity contribution in [3.63, 3.8) is 0 Å². The molecule has 0 saturated heterocycles. The SMILES string of the molecule is COc1ccc([C@@H]2CC(=O)Oc3cc4c(c(O)c32)C(=O)O[C@@H](C)CCCC(=O)CCCC=C4)cc1OC. The Kier molecular flexibility index (Phi) is 8.16. The summed E-state index contributed by atoms with van der Waals surface area (Å²) in [5.74, 6) is -0.572. The van der Waals surface area contributed by atoms with Gasteiger partial charge < -0.3 is 24.1 Å². The van der Waals surface area contributed by atoms with Gasteiger partial charge in [-0.15, -0.1) is 0 Å². The molecule has 2 heterocycles. The minimum absolute atomic E-state index is 0.0237. The Labute approximate surface area is 216 Å². The molecule has 1 N–H and O–H groups in total. The molecule has 8 heteroatoms. The topological polar surface area (TPSA) is 108 Å². The molecular formula is C29H32O8. The number of Topliss-reactive ketones (excluding diaryl/α,β-unsaturated/α-hetero) is 1. The average Bonchev–Trinajstić information content (AvgIpc) is 2.86. The summed E-state index contributed by atoms with van der Waals surface area (Å²) >= 11 is 0. The van der Waals surface area contributed by atoms with Gasteiger partial charge in [-0.25, -0.2) is 4.79 Å². The molecule has 0 aromatic heterocycles. The fourth-order valence-corrected chi connectivity index (χ4v) is 4.87. The molecule has 8 nitrogen and oxygen atoms in total. The molecule has 4 rings (SSSR count). The van der Waals surface area contributed by atoms with Gasteiger partial charge in [-0.2, -0.15) is 0 Å². The number of carbonyl (C=O) groups is 3. The van der Waals surface area contributed by atoms with Crippen molar-refractivity contribution in [1.82, 2.24) is 0 Å². The minimum atomic E-state index is -0.668. The Morgan fingerprint density at radius 3 is 2.51 bits per heavy atom. The van der Waals surface area contributed by atoms with Crippen LogP contribution in [0.1, 0.15) is 84.8 Å². The van der Waals surface area contributed by atoms with Crippen LogP contribution in [0.5, 0.6) is 23.0 Å². The van der Waals surface area contributed by atoms with Crippen molar-refractivity contribution in [1.29, 1.82) is 0 Å². The van der Waals surface area contributed by atoms with Gasteiger partial charge in [0.1, 0.15) is 22.8 Å². The van der Waals surface area contributed by atoms with E-state index < -0.39 is 24.0 Å². The maximum atomic E-state index is 13.3. The third-order valence-electron chi connectivity index (χ3n) is 6.79. The first-order valence-electron chi connectivity index (χ1n) is 12.5. The summed E-state index contributed by atoms with van der Waals surface area (Å²) in [4.78, 5) is 38.0. The Balaban J connectivity index is 1.82. The third kappa shape index (κ3) is 5.79. The summed E-state index contributed by atoms with van der Waals surface area (Å²) < 4.78 is 22.0. The van der Waals surface area contributed by atoms with Crippen LogP contribution in [-0.2, 0) is 14.3 Å². The molecule has 2 aliphatic heterocycles. The molecule has 0 aliphatic carbocycles. The smallest absolute Gasteiger partial charge is 0.342 e. The van der Waals surface area contributed by atoms with Gasteiger partial charge in [-0.3, -0.25) is 9.59 Å². The summed E-state index contributed by atoms with van der Waals surface area (Å²) in [6.45, 7) is 1.77. The number of methoxy groups -OCH3 is 2. The monoisotopic (exact) mass is 508 g/mol. The number of allylic oxidation sites excluding steroid dienone is 1. The lowest BCUT2D eigenvalue weighted by molar-refractivity contribution is -0.135. The molecular weight excluding hydrogens is 476 g/mol. The predicted molar refractivity (Wildman–Crippen MR) is 136 cm³/mol. The van der Waals surface area contributed by atoms with E-state index in [0.29, 0.717) is 66.7 Å². The van der Waals surface area contributed by atoms with Gasteiger partial charge in [-0.1, -0.05) is 18.2 Å². The predicted octanol–water partition coefficient (Wildman–Crippen LogP) is 5.33. The van der Waals surface area contributed by atoms with Gasteiger partial charge in [0, 0.05) is 24.3 Å². The third-order valence-corrected chi connectivity index (χ3v) is 6.79. The number of aromatic hydroxyl groups is 1. The molecule has 0 fully saturated rings. The van der Waals surface area contributed by atoms with Gasteiger partial charge in [0.25, 0.3) is 0 Å². The molecule has 0 unspecified atom stereocenters. The number of phenols is 1. The number of ether oxygens (including phenoxy) is 4. The zero-order valence-electron chi connectivity index (χ0n) is 21.4. The lowest BCUT2D eigenvalue weighted by atomic mass is 9.83. The van der Waals surface area contributed by atoms with E-state index in [1.807, 2.05) is 6.08 Å². The van der Waals surface area contributed by atoms with Crippen LogP contribution in [0.15, 0.2) is 30.3 Å². The Morgan fingerprint density at radius 2 is 1.76 bits per heavy atom. The number of phenolic OH excluding ortho intramolecular Hbond substituents is 1. The van der Waals surface area contributed by atoms with Crippen molar-refractivity contribution in [3.8, 4) is 23.0 Å². The molecule has 2 aromatic rings. The molecule has 2 atom stereocenters. The standard InChI is InChI=1S/C29H32O8/c1-17-8-7-11-20(30)10-6-4-5-9-19-15-24-27(28(32)26(19)29(33)36-17)21(16-25(31)37-24)18-12-13-22(34-2)23(14-18)35-3/h5,9,12-15,17,21,32H,4,6-8,10-11,16H2,1-3H3/t17-,21-/m0/s1. The van der Waals surface area contributed by atoms with E-state index in [1.165, 1.54) is 14.2 Å². The van der Waals surface area contributed by atoms with Crippen LogP contribution < -0.4 is 14.2 Å². The molecule has 37 heavy (non-hydrogen) atoms. The van der Waals surface area contributed by atoms with Crippen molar-refractivity contribution in [2.24, 2.45) is 0 Å². The number of fused-ring (bicyclic) bond motifs is 2. The molecule has 2 aromatic carbocycles. The van der Waals surface area contributed by atoms with Crippen LogP contribution in [0.4, 0.5) is 0 Å². The van der Waals surface area contributed by atoms with Gasteiger partial charge in [0.05, 0.1) is 26.7 Å². The second-order valence-corrected chi connectivity index (χ2v) is 9.39. The van der Waals surface area contributed by atoms with Crippen LogP contribution >= 0.6 is 0 Å². The number of ketones is 1. The first-order valence-corrected chi connectivity index (χ1v) is 12.5. The fourth-order valence-electron chi connectivity index (χ4n) is 4.87. The lowest BCUT2D eigenvalue weighted by Crippen LogP contribution is -2.23. The zero-order chi connectivity index (χ0) is 26.5. The van der Waals surface area contributed by atoms with Crippen LogP contribution in [0.2, 0.25) is 0 Å². The summed E-state index contributed by atoms with van der Waals surface area (Å²) in [6, 6.07) is 6.86.